The lowest BCUT2D eigenvalue weighted by Crippen LogP contribution is -2.03. The second-order valence-corrected chi connectivity index (χ2v) is 5.56. The molecule has 0 saturated heterocycles. The van der Waals surface area contributed by atoms with Crippen LogP contribution in [0.5, 0.6) is 5.75 Å². The number of rotatable bonds is 7. The van der Waals surface area contributed by atoms with Gasteiger partial charge in [-0.3, -0.25) is 0 Å². The molecule has 0 aromatic heterocycles. The molecule has 0 aliphatic carbocycles. The van der Waals surface area contributed by atoms with Crippen LogP contribution in [0.4, 0.5) is 0 Å². The summed E-state index contributed by atoms with van der Waals surface area (Å²) in [5, 5.41) is 10.0. The van der Waals surface area contributed by atoms with Gasteiger partial charge < -0.3 is 4.74 Å². The molecule has 114 valence electrons. The number of para-hydroxylation sites is 1. The van der Waals surface area contributed by atoms with Crippen LogP contribution in [0.15, 0.2) is 48.5 Å². The molecule has 0 saturated carbocycles. The van der Waals surface area contributed by atoms with Crippen LogP contribution in [0.1, 0.15) is 36.8 Å². The summed E-state index contributed by atoms with van der Waals surface area (Å²) in [5.74, 6) is 0.759. The van der Waals surface area contributed by atoms with Gasteiger partial charge in [-0.05, 0) is 42.5 Å². The first-order chi connectivity index (χ1) is 10.8. The lowest BCUT2D eigenvalue weighted by Gasteiger charge is -2.13. The first-order valence-electron chi connectivity index (χ1n) is 7.61. The zero-order valence-corrected chi connectivity index (χ0v) is 13.5. The Labute approximate surface area is 137 Å². The number of hydrogen-bond acceptors (Lipinski definition) is 2. The lowest BCUT2D eigenvalue weighted by molar-refractivity contribution is 0.302. The van der Waals surface area contributed by atoms with E-state index in [-0.39, 0.29) is 5.92 Å². The average molecular weight is 314 g/mol. The van der Waals surface area contributed by atoms with Crippen molar-refractivity contribution in [2.45, 2.75) is 32.1 Å². The Morgan fingerprint density at radius 2 is 1.86 bits per heavy atom. The summed E-state index contributed by atoms with van der Waals surface area (Å²) in [6.07, 6.45) is 2.52. The Kier molecular flexibility index (Phi) is 6.30. The molecule has 0 spiro atoms. The molecule has 1 unspecified atom stereocenters. The Morgan fingerprint density at radius 3 is 2.59 bits per heavy atom. The number of ether oxygens (including phenoxy) is 1. The maximum absolute atomic E-state index is 9.35. The van der Waals surface area contributed by atoms with Crippen molar-refractivity contribution in [3.8, 4) is 11.8 Å². The highest BCUT2D eigenvalue weighted by Crippen LogP contribution is 2.27. The van der Waals surface area contributed by atoms with Gasteiger partial charge in [-0.1, -0.05) is 54.9 Å². The smallest absolute Gasteiger partial charge is 0.122 e. The summed E-state index contributed by atoms with van der Waals surface area (Å²) in [7, 11) is 0. The van der Waals surface area contributed by atoms with Crippen LogP contribution in [-0.2, 0) is 6.42 Å². The predicted octanol–water partition coefficient (Wildman–Crippen LogP) is 5.37. The first-order valence-corrected chi connectivity index (χ1v) is 7.98. The molecule has 2 rings (SSSR count). The highest BCUT2D eigenvalue weighted by molar-refractivity contribution is 6.31. The van der Waals surface area contributed by atoms with Crippen LogP contribution >= 0.6 is 11.6 Å². The molecule has 2 nitrogen and oxygen atoms in total. The van der Waals surface area contributed by atoms with Crippen molar-refractivity contribution < 1.29 is 4.74 Å². The topological polar surface area (TPSA) is 33.0 Å². The highest BCUT2D eigenvalue weighted by Gasteiger charge is 2.13. The number of benzene rings is 2. The summed E-state index contributed by atoms with van der Waals surface area (Å²) in [4.78, 5) is 0. The van der Waals surface area contributed by atoms with Gasteiger partial charge in [-0.15, -0.1) is 0 Å². The van der Waals surface area contributed by atoms with E-state index in [4.69, 9.17) is 16.3 Å². The quantitative estimate of drug-likeness (QED) is 0.644. The fraction of sp³-hybridized carbons (Fsp3) is 0.316. The van der Waals surface area contributed by atoms with Gasteiger partial charge in [-0.25, -0.2) is 0 Å². The number of aryl methyl sites for hydroxylation is 1. The number of nitriles is 1. The molecule has 0 aliphatic heterocycles. The van der Waals surface area contributed by atoms with Crippen LogP contribution in [-0.4, -0.2) is 6.61 Å². The summed E-state index contributed by atoms with van der Waals surface area (Å²) in [6, 6.07) is 18.0. The van der Waals surface area contributed by atoms with Gasteiger partial charge in [0, 0.05) is 5.02 Å². The van der Waals surface area contributed by atoms with E-state index in [1.165, 1.54) is 5.56 Å². The van der Waals surface area contributed by atoms with Crippen LogP contribution in [0.25, 0.3) is 0 Å². The van der Waals surface area contributed by atoms with Gasteiger partial charge in [0.2, 0.25) is 0 Å². The number of hydrogen-bond donors (Lipinski definition) is 0. The molecule has 0 fully saturated rings. The summed E-state index contributed by atoms with van der Waals surface area (Å²) >= 11 is 6.16. The third-order valence-corrected chi connectivity index (χ3v) is 4.03. The monoisotopic (exact) mass is 313 g/mol. The fourth-order valence-electron chi connectivity index (χ4n) is 2.45. The number of nitrogens with zero attached hydrogens (tertiary/aromatic N) is 1. The zero-order valence-electron chi connectivity index (χ0n) is 12.8. The maximum Gasteiger partial charge on any atom is 0.122 e. The van der Waals surface area contributed by atoms with E-state index in [1.807, 2.05) is 42.5 Å². The highest BCUT2D eigenvalue weighted by atomic mass is 35.5. The molecule has 0 N–H and O–H groups in total. The van der Waals surface area contributed by atoms with E-state index >= 15 is 0 Å². The van der Waals surface area contributed by atoms with Gasteiger partial charge in [0.05, 0.1) is 18.6 Å². The van der Waals surface area contributed by atoms with E-state index in [0.29, 0.717) is 11.6 Å². The van der Waals surface area contributed by atoms with Crippen LogP contribution in [0.2, 0.25) is 5.02 Å². The van der Waals surface area contributed by atoms with Crippen molar-refractivity contribution in [3.63, 3.8) is 0 Å². The van der Waals surface area contributed by atoms with E-state index in [9.17, 15) is 5.26 Å². The maximum atomic E-state index is 9.35. The van der Waals surface area contributed by atoms with Crippen molar-refractivity contribution in [2.75, 3.05) is 6.61 Å². The molecule has 22 heavy (non-hydrogen) atoms. The second-order valence-electron chi connectivity index (χ2n) is 5.16. The Hall–Kier alpha value is -1.98. The number of halogens is 1. The van der Waals surface area contributed by atoms with E-state index in [2.05, 4.69) is 19.1 Å². The van der Waals surface area contributed by atoms with Crippen LogP contribution in [0, 0.1) is 11.3 Å². The SMILES string of the molecule is CCc1ccccc1OCCCC(C#N)c1ccccc1Cl. The normalized spacial score (nSPS) is 11.7. The van der Waals surface area contributed by atoms with Crippen molar-refractivity contribution in [3.05, 3.63) is 64.7 Å². The second kappa shape index (κ2) is 8.46. The molecule has 0 amide bonds. The minimum Gasteiger partial charge on any atom is -0.493 e. The molecule has 2 aromatic rings. The molecule has 0 aliphatic rings. The van der Waals surface area contributed by atoms with E-state index in [0.717, 1.165) is 30.6 Å². The standard InChI is InChI=1S/C19H20ClNO/c1-2-15-8-3-6-12-19(15)22-13-7-9-16(14-21)17-10-4-5-11-18(17)20/h3-6,8,10-12,16H,2,7,9,13H2,1H3. The largest absolute Gasteiger partial charge is 0.493 e. The molecule has 0 radical (unpaired) electrons. The summed E-state index contributed by atoms with van der Waals surface area (Å²) in [6.45, 7) is 2.73. The molecule has 1 atom stereocenters. The van der Waals surface area contributed by atoms with Crippen LogP contribution in [0.3, 0.4) is 0 Å². The lowest BCUT2D eigenvalue weighted by atomic mass is 9.96. The Morgan fingerprint density at radius 1 is 1.14 bits per heavy atom. The third-order valence-electron chi connectivity index (χ3n) is 3.68. The fourth-order valence-corrected chi connectivity index (χ4v) is 2.72. The predicted molar refractivity (Wildman–Crippen MR) is 90.4 cm³/mol. The van der Waals surface area contributed by atoms with E-state index in [1.54, 1.807) is 0 Å². The van der Waals surface area contributed by atoms with Gasteiger partial charge in [0.1, 0.15) is 5.75 Å². The van der Waals surface area contributed by atoms with Gasteiger partial charge in [0.25, 0.3) is 0 Å². The van der Waals surface area contributed by atoms with Crippen molar-refractivity contribution in [2.24, 2.45) is 0 Å². The average Bonchev–Trinajstić information content (AvgIpc) is 2.56. The molecular formula is C19H20ClNO. The Bertz CT molecular complexity index is 648. The van der Waals surface area contributed by atoms with Crippen molar-refractivity contribution in [1.29, 1.82) is 5.26 Å². The zero-order chi connectivity index (χ0) is 15.8. The molecular weight excluding hydrogens is 294 g/mol. The van der Waals surface area contributed by atoms with Crippen LogP contribution < -0.4 is 4.74 Å². The summed E-state index contributed by atoms with van der Waals surface area (Å²) < 4.78 is 5.85. The van der Waals surface area contributed by atoms with Crippen molar-refractivity contribution in [1.82, 2.24) is 0 Å². The molecule has 0 heterocycles. The third kappa shape index (κ3) is 4.26. The molecule has 0 bridgehead atoms. The minimum absolute atomic E-state index is 0.182. The van der Waals surface area contributed by atoms with E-state index < -0.39 is 0 Å². The molecule has 2 aromatic carbocycles. The van der Waals surface area contributed by atoms with Crippen molar-refractivity contribution >= 4 is 11.6 Å². The van der Waals surface area contributed by atoms with Gasteiger partial charge in [0.15, 0.2) is 0 Å². The van der Waals surface area contributed by atoms with Gasteiger partial charge in [-0.2, -0.15) is 5.26 Å². The molecule has 3 heteroatoms. The first kappa shape index (κ1) is 16.4. The Balaban J connectivity index is 1.88. The summed E-state index contributed by atoms with van der Waals surface area (Å²) in [5.41, 5.74) is 2.12. The minimum atomic E-state index is -0.182. The van der Waals surface area contributed by atoms with Gasteiger partial charge >= 0.3 is 0 Å².